The number of rotatable bonds is 4. The highest BCUT2D eigenvalue weighted by Gasteiger charge is 2.15. The maximum atomic E-state index is 11.4. The van der Waals surface area contributed by atoms with Gasteiger partial charge in [-0.2, -0.15) is 5.10 Å². The van der Waals surface area contributed by atoms with Gasteiger partial charge in [-0.1, -0.05) is 30.3 Å². The van der Waals surface area contributed by atoms with Gasteiger partial charge in [-0.25, -0.2) is 18.2 Å². The zero-order chi connectivity index (χ0) is 17.3. The van der Waals surface area contributed by atoms with Gasteiger partial charge in [0.05, 0.1) is 28.1 Å². The van der Waals surface area contributed by atoms with Crippen molar-refractivity contribution in [3.05, 3.63) is 66.4 Å². The van der Waals surface area contributed by atoms with Crippen molar-refractivity contribution in [1.29, 1.82) is 0 Å². The predicted molar refractivity (Wildman–Crippen MR) is 91.0 cm³/mol. The van der Waals surface area contributed by atoms with Crippen LogP contribution in [-0.4, -0.2) is 23.3 Å². The summed E-state index contributed by atoms with van der Waals surface area (Å²) in [6.07, 6.45) is -0.711. The summed E-state index contributed by atoms with van der Waals surface area (Å²) in [5, 5.41) is 19.4. The van der Waals surface area contributed by atoms with Crippen molar-refractivity contribution in [2.75, 3.05) is 0 Å². The minimum atomic E-state index is -3.74. The van der Waals surface area contributed by atoms with Crippen LogP contribution in [0.1, 0.15) is 18.7 Å². The van der Waals surface area contributed by atoms with Crippen molar-refractivity contribution in [3.63, 3.8) is 0 Å². The maximum absolute atomic E-state index is 11.4. The molecule has 0 bridgehead atoms. The molecule has 0 aliphatic heterocycles. The van der Waals surface area contributed by atoms with Crippen LogP contribution in [0.4, 0.5) is 0 Å². The second-order valence-corrected chi connectivity index (χ2v) is 7.01. The molecule has 0 fully saturated rings. The fraction of sp³-hybridized carbons (Fsp3) is 0.118. The molecular formula is C17H17N3O3S. The highest BCUT2D eigenvalue weighted by Crippen LogP contribution is 2.26. The van der Waals surface area contributed by atoms with E-state index in [1.54, 1.807) is 23.7 Å². The number of sulfonamides is 1. The van der Waals surface area contributed by atoms with Gasteiger partial charge in [-0.15, -0.1) is 0 Å². The van der Waals surface area contributed by atoms with Crippen LogP contribution in [0, 0.1) is 0 Å². The van der Waals surface area contributed by atoms with Crippen LogP contribution in [0.5, 0.6) is 0 Å². The van der Waals surface area contributed by atoms with Gasteiger partial charge in [-0.3, -0.25) is 0 Å². The summed E-state index contributed by atoms with van der Waals surface area (Å²) in [4.78, 5) is 0.0374. The topological polar surface area (TPSA) is 98.2 Å². The number of primary sulfonamides is 1. The number of hydrogen-bond acceptors (Lipinski definition) is 4. The average molecular weight is 343 g/mol. The van der Waals surface area contributed by atoms with Crippen LogP contribution in [0.2, 0.25) is 0 Å². The lowest BCUT2D eigenvalue weighted by atomic mass is 10.1. The Morgan fingerprint density at radius 3 is 2.25 bits per heavy atom. The minimum Gasteiger partial charge on any atom is -0.387 e. The monoisotopic (exact) mass is 343 g/mol. The quantitative estimate of drug-likeness (QED) is 0.759. The largest absolute Gasteiger partial charge is 0.387 e. The minimum absolute atomic E-state index is 0.0374. The smallest absolute Gasteiger partial charge is 0.238 e. The molecule has 0 saturated carbocycles. The van der Waals surface area contributed by atoms with Crippen LogP contribution in [-0.2, 0) is 10.0 Å². The highest BCUT2D eigenvalue weighted by atomic mass is 32.2. The molecule has 2 aromatic carbocycles. The molecule has 0 aliphatic rings. The fourth-order valence-electron chi connectivity index (χ4n) is 2.39. The van der Waals surface area contributed by atoms with E-state index in [4.69, 9.17) is 5.14 Å². The maximum Gasteiger partial charge on any atom is 0.238 e. The van der Waals surface area contributed by atoms with Gasteiger partial charge in [0.1, 0.15) is 0 Å². The van der Waals surface area contributed by atoms with E-state index in [1.165, 1.54) is 12.1 Å². The summed E-state index contributed by atoms with van der Waals surface area (Å²) in [6.45, 7) is 1.64. The zero-order valence-electron chi connectivity index (χ0n) is 13.0. The van der Waals surface area contributed by atoms with Crippen LogP contribution < -0.4 is 5.14 Å². The van der Waals surface area contributed by atoms with E-state index in [-0.39, 0.29) is 4.90 Å². The van der Waals surface area contributed by atoms with Crippen LogP contribution >= 0.6 is 0 Å². The summed E-state index contributed by atoms with van der Waals surface area (Å²) < 4.78 is 24.4. The number of hydrogen-bond donors (Lipinski definition) is 2. The van der Waals surface area contributed by atoms with Gasteiger partial charge in [0.15, 0.2) is 0 Å². The molecular weight excluding hydrogens is 326 g/mol. The number of benzene rings is 2. The molecule has 3 rings (SSSR count). The third-order valence-electron chi connectivity index (χ3n) is 3.64. The third-order valence-corrected chi connectivity index (χ3v) is 4.56. The lowest BCUT2D eigenvalue weighted by Gasteiger charge is -2.08. The summed E-state index contributed by atoms with van der Waals surface area (Å²) in [5.41, 5.74) is 2.94. The first-order valence-electron chi connectivity index (χ1n) is 7.33. The zero-order valence-corrected chi connectivity index (χ0v) is 13.8. The van der Waals surface area contributed by atoms with Crippen LogP contribution in [0.3, 0.4) is 0 Å². The first kappa shape index (κ1) is 16.4. The van der Waals surface area contributed by atoms with Crippen molar-refractivity contribution < 1.29 is 13.5 Å². The number of nitrogens with zero attached hydrogens (tertiary/aromatic N) is 2. The first-order valence-corrected chi connectivity index (χ1v) is 8.87. The van der Waals surface area contributed by atoms with E-state index < -0.39 is 16.1 Å². The van der Waals surface area contributed by atoms with Crippen molar-refractivity contribution in [2.45, 2.75) is 17.9 Å². The molecule has 1 heterocycles. The van der Waals surface area contributed by atoms with E-state index in [2.05, 4.69) is 5.10 Å². The lowest BCUT2D eigenvalue weighted by molar-refractivity contribution is 0.193. The summed E-state index contributed by atoms with van der Waals surface area (Å²) in [7, 11) is -3.74. The molecule has 0 radical (unpaired) electrons. The Balaban J connectivity index is 2.13. The standard InChI is InChI=1S/C17H17N3O3S/c1-12(21)16-11-17(13-5-3-2-4-6-13)20(19-16)14-7-9-15(10-8-14)24(18,22)23/h2-12,21H,1H3,(H2,18,22,23). The molecule has 24 heavy (non-hydrogen) atoms. The molecule has 1 aromatic heterocycles. The molecule has 124 valence electrons. The van der Waals surface area contributed by atoms with Gasteiger partial charge >= 0.3 is 0 Å². The second kappa shape index (κ2) is 6.20. The highest BCUT2D eigenvalue weighted by molar-refractivity contribution is 7.89. The molecule has 0 amide bonds. The van der Waals surface area contributed by atoms with Gasteiger partial charge in [0.25, 0.3) is 0 Å². The Hall–Kier alpha value is -2.48. The van der Waals surface area contributed by atoms with E-state index in [0.717, 1.165) is 11.3 Å². The van der Waals surface area contributed by atoms with Crippen molar-refractivity contribution in [2.24, 2.45) is 5.14 Å². The van der Waals surface area contributed by atoms with E-state index in [9.17, 15) is 13.5 Å². The molecule has 0 aliphatic carbocycles. The predicted octanol–water partition coefficient (Wildman–Crippen LogP) is 2.24. The fourth-order valence-corrected chi connectivity index (χ4v) is 2.91. The van der Waals surface area contributed by atoms with Crippen molar-refractivity contribution in [1.82, 2.24) is 9.78 Å². The van der Waals surface area contributed by atoms with E-state index in [0.29, 0.717) is 11.4 Å². The lowest BCUT2D eigenvalue weighted by Crippen LogP contribution is -2.12. The molecule has 0 saturated heterocycles. The van der Waals surface area contributed by atoms with Crippen LogP contribution in [0.15, 0.2) is 65.6 Å². The Bertz CT molecular complexity index is 947. The average Bonchev–Trinajstić information content (AvgIpc) is 3.00. The van der Waals surface area contributed by atoms with Crippen molar-refractivity contribution >= 4 is 10.0 Å². The first-order chi connectivity index (χ1) is 11.4. The van der Waals surface area contributed by atoms with Crippen molar-refractivity contribution in [3.8, 4) is 16.9 Å². The number of nitrogens with two attached hydrogens (primary N) is 1. The number of aromatic nitrogens is 2. The molecule has 3 N–H and O–H groups in total. The van der Waals surface area contributed by atoms with Gasteiger partial charge in [-0.05, 0) is 37.3 Å². The molecule has 7 heteroatoms. The molecule has 0 spiro atoms. The normalized spacial score (nSPS) is 13.0. The molecule has 6 nitrogen and oxygen atoms in total. The van der Waals surface area contributed by atoms with Crippen LogP contribution in [0.25, 0.3) is 16.9 Å². The Morgan fingerprint density at radius 1 is 1.08 bits per heavy atom. The Kier molecular flexibility index (Phi) is 4.23. The Morgan fingerprint density at radius 2 is 1.71 bits per heavy atom. The third kappa shape index (κ3) is 3.23. The summed E-state index contributed by atoms with van der Waals surface area (Å²) in [5.74, 6) is 0. The number of aliphatic hydroxyl groups excluding tert-OH is 1. The molecule has 3 aromatic rings. The van der Waals surface area contributed by atoms with Gasteiger partial charge in [0, 0.05) is 5.56 Å². The second-order valence-electron chi connectivity index (χ2n) is 5.45. The molecule has 1 unspecified atom stereocenters. The van der Waals surface area contributed by atoms with E-state index in [1.807, 2.05) is 36.4 Å². The van der Waals surface area contributed by atoms with Gasteiger partial charge < -0.3 is 5.11 Å². The summed E-state index contributed by atoms with van der Waals surface area (Å²) in [6, 6.07) is 17.6. The number of aliphatic hydroxyl groups is 1. The molecule has 1 atom stereocenters. The SMILES string of the molecule is CC(O)c1cc(-c2ccccc2)n(-c2ccc(S(N)(=O)=O)cc2)n1. The Labute approximate surface area is 140 Å². The summed E-state index contributed by atoms with van der Waals surface area (Å²) >= 11 is 0. The van der Waals surface area contributed by atoms with E-state index >= 15 is 0 Å². The van der Waals surface area contributed by atoms with Gasteiger partial charge in [0.2, 0.25) is 10.0 Å².